The molecule has 0 radical (unpaired) electrons. The molecule has 128 valence electrons. The molecule has 2 nitrogen and oxygen atoms in total. The number of rotatable bonds is 2. The largest absolute Gasteiger partial charge is 0.469 e. The first-order chi connectivity index (χ1) is 10.8. The molecular weight excluding hydrogens is 284 g/mol. The molecule has 23 heavy (non-hydrogen) atoms. The van der Waals surface area contributed by atoms with Crippen LogP contribution in [0.25, 0.3) is 0 Å². The standard InChI is InChI=1S/C21H32O2/c1-6-19(2)13-10-16-15(14-19)8-9-17-20(16,3)11-7-12-21(17,4)18(22)23-5/h6,17H,1,7-14H2,2-5H3. The highest BCUT2D eigenvalue weighted by atomic mass is 16.5. The fraction of sp³-hybridized carbons (Fsp3) is 0.762. The van der Waals surface area contributed by atoms with Crippen molar-refractivity contribution >= 4 is 5.97 Å². The Hall–Kier alpha value is -1.05. The molecule has 0 N–H and O–H groups in total. The molecule has 0 saturated heterocycles. The zero-order valence-electron chi connectivity index (χ0n) is 15.3. The molecule has 4 unspecified atom stereocenters. The molecule has 0 heterocycles. The van der Waals surface area contributed by atoms with Crippen LogP contribution in [0.4, 0.5) is 0 Å². The molecule has 0 aliphatic heterocycles. The molecule has 3 rings (SSSR count). The van der Waals surface area contributed by atoms with Gasteiger partial charge in [0.15, 0.2) is 0 Å². The number of carbonyl (C=O) groups is 1. The molecule has 1 fully saturated rings. The number of allylic oxidation sites excluding steroid dienone is 3. The molecule has 2 heteroatoms. The van der Waals surface area contributed by atoms with Gasteiger partial charge in [0.1, 0.15) is 0 Å². The van der Waals surface area contributed by atoms with Crippen molar-refractivity contribution < 1.29 is 9.53 Å². The summed E-state index contributed by atoms with van der Waals surface area (Å²) >= 11 is 0. The minimum atomic E-state index is -0.306. The normalized spacial score (nSPS) is 43.4. The topological polar surface area (TPSA) is 26.3 Å². The van der Waals surface area contributed by atoms with Crippen LogP contribution in [0.1, 0.15) is 72.1 Å². The highest BCUT2D eigenvalue weighted by molar-refractivity contribution is 5.77. The number of hydrogen-bond donors (Lipinski definition) is 0. The first-order valence-corrected chi connectivity index (χ1v) is 9.22. The van der Waals surface area contributed by atoms with Crippen molar-refractivity contribution in [2.24, 2.45) is 22.2 Å². The van der Waals surface area contributed by atoms with Gasteiger partial charge in [0.2, 0.25) is 0 Å². The second-order valence-electron chi connectivity index (χ2n) is 8.89. The first-order valence-electron chi connectivity index (χ1n) is 9.22. The van der Waals surface area contributed by atoms with Crippen LogP contribution in [0.2, 0.25) is 0 Å². The molecule has 0 bridgehead atoms. The third-order valence-corrected chi connectivity index (χ3v) is 7.49. The predicted octanol–water partition coefficient (Wildman–Crippen LogP) is 5.44. The van der Waals surface area contributed by atoms with Gasteiger partial charge in [-0.3, -0.25) is 4.79 Å². The van der Waals surface area contributed by atoms with Crippen LogP contribution in [0.5, 0.6) is 0 Å². The number of carbonyl (C=O) groups excluding carboxylic acids is 1. The Morgan fingerprint density at radius 3 is 2.61 bits per heavy atom. The summed E-state index contributed by atoms with van der Waals surface area (Å²) < 4.78 is 5.20. The second-order valence-corrected chi connectivity index (χ2v) is 8.89. The molecule has 0 aromatic rings. The number of methoxy groups -OCH3 is 1. The summed E-state index contributed by atoms with van der Waals surface area (Å²) in [4.78, 5) is 12.5. The highest BCUT2D eigenvalue weighted by Gasteiger charge is 2.56. The lowest BCUT2D eigenvalue weighted by molar-refractivity contribution is -0.163. The van der Waals surface area contributed by atoms with Crippen molar-refractivity contribution in [1.29, 1.82) is 0 Å². The van der Waals surface area contributed by atoms with Crippen molar-refractivity contribution in [2.45, 2.75) is 72.1 Å². The number of esters is 1. The number of ether oxygens (including phenoxy) is 1. The Labute approximate surface area is 141 Å². The van der Waals surface area contributed by atoms with Gasteiger partial charge in [-0.2, -0.15) is 0 Å². The van der Waals surface area contributed by atoms with Crippen molar-refractivity contribution in [3.8, 4) is 0 Å². The summed E-state index contributed by atoms with van der Waals surface area (Å²) in [6.45, 7) is 11.0. The quantitative estimate of drug-likeness (QED) is 0.501. The SMILES string of the molecule is C=CC1(C)CCC2=C(CCC3C(C)(C(=O)OC)CCCC23C)C1. The highest BCUT2D eigenvalue weighted by Crippen LogP contribution is 2.63. The van der Waals surface area contributed by atoms with E-state index in [1.165, 1.54) is 25.7 Å². The van der Waals surface area contributed by atoms with Gasteiger partial charge in [0, 0.05) is 0 Å². The molecule has 1 saturated carbocycles. The van der Waals surface area contributed by atoms with E-state index in [2.05, 4.69) is 33.4 Å². The van der Waals surface area contributed by atoms with Crippen LogP contribution in [0.3, 0.4) is 0 Å². The molecule has 0 aromatic carbocycles. The van der Waals surface area contributed by atoms with E-state index >= 15 is 0 Å². The van der Waals surface area contributed by atoms with Crippen LogP contribution in [0.15, 0.2) is 23.8 Å². The summed E-state index contributed by atoms with van der Waals surface area (Å²) in [5, 5.41) is 0. The fourth-order valence-corrected chi connectivity index (χ4v) is 6.04. The third kappa shape index (κ3) is 2.40. The van der Waals surface area contributed by atoms with Crippen LogP contribution in [-0.4, -0.2) is 13.1 Å². The lowest BCUT2D eigenvalue weighted by Gasteiger charge is -2.56. The van der Waals surface area contributed by atoms with Gasteiger partial charge in [-0.1, -0.05) is 37.5 Å². The molecule has 0 aromatic heterocycles. The zero-order valence-corrected chi connectivity index (χ0v) is 15.3. The average Bonchev–Trinajstić information content (AvgIpc) is 2.53. The van der Waals surface area contributed by atoms with Gasteiger partial charge in [-0.05, 0) is 68.6 Å². The van der Waals surface area contributed by atoms with Crippen LogP contribution >= 0.6 is 0 Å². The van der Waals surface area contributed by atoms with Gasteiger partial charge in [0.25, 0.3) is 0 Å². The summed E-state index contributed by atoms with van der Waals surface area (Å²) in [6, 6.07) is 0. The van der Waals surface area contributed by atoms with Gasteiger partial charge >= 0.3 is 5.97 Å². The monoisotopic (exact) mass is 316 g/mol. The molecular formula is C21H32O2. The van der Waals surface area contributed by atoms with E-state index in [-0.39, 0.29) is 22.2 Å². The van der Waals surface area contributed by atoms with E-state index in [1.807, 2.05) is 0 Å². The predicted molar refractivity (Wildman–Crippen MR) is 94.0 cm³/mol. The van der Waals surface area contributed by atoms with Crippen molar-refractivity contribution in [3.05, 3.63) is 23.8 Å². The Balaban J connectivity index is 1.99. The summed E-state index contributed by atoms with van der Waals surface area (Å²) in [5.41, 5.74) is 3.51. The van der Waals surface area contributed by atoms with E-state index in [9.17, 15) is 4.79 Å². The Morgan fingerprint density at radius 1 is 1.22 bits per heavy atom. The molecule has 0 spiro atoms. The second kappa shape index (κ2) is 5.50. The third-order valence-electron chi connectivity index (χ3n) is 7.49. The Morgan fingerprint density at radius 2 is 1.96 bits per heavy atom. The average molecular weight is 316 g/mol. The number of hydrogen-bond acceptors (Lipinski definition) is 2. The van der Waals surface area contributed by atoms with E-state index in [0.29, 0.717) is 5.92 Å². The summed E-state index contributed by atoms with van der Waals surface area (Å²) in [5.74, 6) is 0.437. The zero-order chi connectivity index (χ0) is 16.9. The molecule has 3 aliphatic rings. The Kier molecular flexibility index (Phi) is 4.01. The maximum atomic E-state index is 12.5. The van der Waals surface area contributed by atoms with Crippen molar-refractivity contribution in [1.82, 2.24) is 0 Å². The van der Waals surface area contributed by atoms with E-state index < -0.39 is 0 Å². The van der Waals surface area contributed by atoms with Gasteiger partial charge in [-0.25, -0.2) is 0 Å². The maximum Gasteiger partial charge on any atom is 0.311 e. The van der Waals surface area contributed by atoms with E-state index in [4.69, 9.17) is 4.74 Å². The minimum absolute atomic E-state index is 0.00390. The number of fused-ring (bicyclic) bond motifs is 2. The van der Waals surface area contributed by atoms with E-state index in [0.717, 1.165) is 25.7 Å². The molecule has 3 aliphatic carbocycles. The lowest BCUT2D eigenvalue weighted by atomic mass is 9.47. The fourth-order valence-electron chi connectivity index (χ4n) is 6.04. The van der Waals surface area contributed by atoms with Gasteiger partial charge in [-0.15, -0.1) is 6.58 Å². The van der Waals surface area contributed by atoms with Gasteiger partial charge < -0.3 is 4.74 Å². The van der Waals surface area contributed by atoms with E-state index in [1.54, 1.807) is 18.3 Å². The summed E-state index contributed by atoms with van der Waals surface area (Å²) in [7, 11) is 1.54. The molecule has 4 atom stereocenters. The lowest BCUT2D eigenvalue weighted by Crippen LogP contribution is -2.51. The summed E-state index contributed by atoms with van der Waals surface area (Å²) in [6.07, 6.45) is 11.3. The maximum absolute atomic E-state index is 12.5. The van der Waals surface area contributed by atoms with Crippen LogP contribution in [0, 0.1) is 22.2 Å². The van der Waals surface area contributed by atoms with Crippen molar-refractivity contribution in [2.75, 3.05) is 7.11 Å². The van der Waals surface area contributed by atoms with Gasteiger partial charge in [0.05, 0.1) is 12.5 Å². The van der Waals surface area contributed by atoms with Crippen LogP contribution < -0.4 is 0 Å². The first kappa shape index (κ1) is 16.8. The molecule has 0 amide bonds. The smallest absolute Gasteiger partial charge is 0.311 e. The van der Waals surface area contributed by atoms with Crippen LogP contribution in [-0.2, 0) is 9.53 Å². The Bertz CT molecular complexity index is 560. The minimum Gasteiger partial charge on any atom is -0.469 e. The van der Waals surface area contributed by atoms with Crippen molar-refractivity contribution in [3.63, 3.8) is 0 Å².